The Kier molecular flexibility index (Phi) is 1.51. The molecule has 0 aromatic carbocycles. The van der Waals surface area contributed by atoms with E-state index in [4.69, 9.17) is 5.11 Å². The van der Waals surface area contributed by atoms with Gasteiger partial charge in [-0.25, -0.2) is 0 Å². The van der Waals surface area contributed by atoms with Crippen LogP contribution < -0.4 is 0 Å². The lowest BCUT2D eigenvalue weighted by molar-refractivity contribution is -0.140. The molecule has 1 N–H and O–H groups in total. The molecule has 3 rings (SSSR count). The number of aromatic nitrogens is 2. The van der Waals surface area contributed by atoms with Crippen LogP contribution in [-0.4, -0.2) is 21.3 Å². The summed E-state index contributed by atoms with van der Waals surface area (Å²) in [7, 11) is 0. The third-order valence-corrected chi connectivity index (χ3v) is 4.23. The van der Waals surface area contributed by atoms with Gasteiger partial charge in [0.1, 0.15) is 15.4 Å². The van der Waals surface area contributed by atoms with Crippen molar-refractivity contribution in [2.24, 2.45) is 0 Å². The second-order valence-corrected chi connectivity index (χ2v) is 5.12. The van der Waals surface area contributed by atoms with E-state index in [1.165, 1.54) is 24.2 Å². The SMILES string of the molecule is O=C(O)C1(c2nnc(C3CC3)s2)CC1. The number of carboxylic acid groups (broad SMARTS) is 1. The Morgan fingerprint density at radius 3 is 2.64 bits per heavy atom. The van der Waals surface area contributed by atoms with Gasteiger partial charge in [0.05, 0.1) is 0 Å². The molecule has 0 amide bonds. The maximum atomic E-state index is 11.0. The summed E-state index contributed by atoms with van der Waals surface area (Å²) in [5.74, 6) is -0.165. The van der Waals surface area contributed by atoms with E-state index in [0.717, 1.165) is 17.8 Å². The van der Waals surface area contributed by atoms with Gasteiger partial charge in [0.25, 0.3) is 0 Å². The Hall–Kier alpha value is -0.970. The first kappa shape index (κ1) is 8.35. The highest BCUT2D eigenvalue weighted by atomic mass is 32.1. The van der Waals surface area contributed by atoms with Crippen LogP contribution >= 0.6 is 11.3 Å². The monoisotopic (exact) mass is 210 g/mol. The fourth-order valence-electron chi connectivity index (χ4n) is 1.57. The third-order valence-electron chi connectivity index (χ3n) is 2.94. The normalized spacial score (nSPS) is 23.4. The molecule has 2 aliphatic carbocycles. The first-order valence-electron chi connectivity index (χ1n) is 4.80. The molecule has 0 spiro atoms. The highest BCUT2D eigenvalue weighted by molar-refractivity contribution is 7.11. The summed E-state index contributed by atoms with van der Waals surface area (Å²) in [5.41, 5.74) is -0.662. The molecule has 1 heterocycles. The molecule has 1 aromatic heterocycles. The summed E-state index contributed by atoms with van der Waals surface area (Å²) in [6.07, 6.45) is 3.83. The Morgan fingerprint density at radius 1 is 1.43 bits per heavy atom. The summed E-state index contributed by atoms with van der Waals surface area (Å²) in [5, 5.41) is 18.9. The first-order valence-corrected chi connectivity index (χ1v) is 5.61. The molecule has 2 fully saturated rings. The second kappa shape index (κ2) is 2.53. The Bertz CT molecular complexity index is 393. The number of nitrogens with zero attached hydrogens (tertiary/aromatic N) is 2. The van der Waals surface area contributed by atoms with Crippen LogP contribution in [0.1, 0.15) is 41.6 Å². The van der Waals surface area contributed by atoms with E-state index >= 15 is 0 Å². The number of hydrogen-bond donors (Lipinski definition) is 1. The summed E-state index contributed by atoms with van der Waals surface area (Å²) >= 11 is 1.50. The van der Waals surface area contributed by atoms with E-state index in [2.05, 4.69) is 10.2 Å². The van der Waals surface area contributed by atoms with Gasteiger partial charge in [0.2, 0.25) is 0 Å². The number of hydrogen-bond acceptors (Lipinski definition) is 4. The molecular formula is C9H10N2O2S. The molecule has 2 aliphatic rings. The quantitative estimate of drug-likeness (QED) is 0.821. The lowest BCUT2D eigenvalue weighted by Gasteiger charge is -2.02. The van der Waals surface area contributed by atoms with E-state index < -0.39 is 11.4 Å². The van der Waals surface area contributed by atoms with Crippen LogP contribution in [0.2, 0.25) is 0 Å². The molecule has 0 bridgehead atoms. The fourth-order valence-corrected chi connectivity index (χ4v) is 2.82. The minimum Gasteiger partial charge on any atom is -0.481 e. The maximum Gasteiger partial charge on any atom is 0.316 e. The fraction of sp³-hybridized carbons (Fsp3) is 0.667. The molecule has 5 heteroatoms. The molecular weight excluding hydrogens is 200 g/mol. The van der Waals surface area contributed by atoms with Crippen molar-refractivity contribution < 1.29 is 9.90 Å². The minimum absolute atomic E-state index is 0.575. The van der Waals surface area contributed by atoms with Gasteiger partial charge < -0.3 is 5.11 Å². The minimum atomic E-state index is -0.740. The average molecular weight is 210 g/mol. The highest BCUT2D eigenvalue weighted by Crippen LogP contribution is 2.51. The molecule has 14 heavy (non-hydrogen) atoms. The Balaban J connectivity index is 1.92. The third kappa shape index (κ3) is 1.08. The second-order valence-electron chi connectivity index (χ2n) is 4.11. The smallest absolute Gasteiger partial charge is 0.316 e. The zero-order valence-corrected chi connectivity index (χ0v) is 8.38. The van der Waals surface area contributed by atoms with Crippen molar-refractivity contribution in [3.05, 3.63) is 10.0 Å². The van der Waals surface area contributed by atoms with Crippen LogP contribution in [0.15, 0.2) is 0 Å². The first-order chi connectivity index (χ1) is 6.72. The predicted octanol–water partition coefficient (Wildman–Crippen LogP) is 1.53. The van der Waals surface area contributed by atoms with E-state index in [1.54, 1.807) is 0 Å². The van der Waals surface area contributed by atoms with E-state index in [-0.39, 0.29) is 0 Å². The van der Waals surface area contributed by atoms with Crippen molar-refractivity contribution in [2.75, 3.05) is 0 Å². The van der Waals surface area contributed by atoms with Gasteiger partial charge >= 0.3 is 5.97 Å². The molecule has 0 saturated heterocycles. The van der Waals surface area contributed by atoms with Crippen molar-refractivity contribution in [2.45, 2.75) is 37.0 Å². The molecule has 1 aromatic rings. The predicted molar refractivity (Wildman–Crippen MR) is 50.4 cm³/mol. The van der Waals surface area contributed by atoms with E-state index in [0.29, 0.717) is 10.9 Å². The van der Waals surface area contributed by atoms with Crippen molar-refractivity contribution in [3.63, 3.8) is 0 Å². The summed E-state index contributed by atoms with van der Waals surface area (Å²) in [6.45, 7) is 0. The largest absolute Gasteiger partial charge is 0.481 e. The lowest BCUT2D eigenvalue weighted by Crippen LogP contribution is -2.19. The van der Waals surface area contributed by atoms with Gasteiger partial charge in [0.15, 0.2) is 0 Å². The van der Waals surface area contributed by atoms with Crippen LogP contribution in [0.5, 0.6) is 0 Å². The van der Waals surface area contributed by atoms with Gasteiger partial charge in [0, 0.05) is 5.92 Å². The average Bonchev–Trinajstić information content (AvgIpc) is 3.06. The van der Waals surface area contributed by atoms with Crippen molar-refractivity contribution in [1.82, 2.24) is 10.2 Å². The number of carbonyl (C=O) groups is 1. The molecule has 0 atom stereocenters. The van der Waals surface area contributed by atoms with Gasteiger partial charge in [-0.15, -0.1) is 21.5 Å². The van der Waals surface area contributed by atoms with Crippen molar-refractivity contribution in [1.29, 1.82) is 0 Å². The standard InChI is InChI=1S/C9H10N2O2S/c12-8(13)9(3-4-9)7-11-10-6(14-7)5-1-2-5/h5H,1-4H2,(H,12,13). The summed E-state index contributed by atoms with van der Waals surface area (Å²) in [4.78, 5) is 11.0. The van der Waals surface area contributed by atoms with Gasteiger partial charge in [-0.2, -0.15) is 0 Å². The molecule has 0 aliphatic heterocycles. The Morgan fingerprint density at radius 2 is 2.14 bits per heavy atom. The van der Waals surface area contributed by atoms with Crippen LogP contribution in [0, 0.1) is 0 Å². The van der Waals surface area contributed by atoms with Gasteiger partial charge in [-0.1, -0.05) is 0 Å². The van der Waals surface area contributed by atoms with Gasteiger partial charge in [-0.05, 0) is 25.7 Å². The van der Waals surface area contributed by atoms with E-state index in [1.807, 2.05) is 0 Å². The van der Waals surface area contributed by atoms with Crippen LogP contribution in [0.4, 0.5) is 0 Å². The molecule has 0 unspecified atom stereocenters. The number of aliphatic carboxylic acids is 1. The van der Waals surface area contributed by atoms with E-state index in [9.17, 15) is 4.79 Å². The zero-order valence-electron chi connectivity index (χ0n) is 7.56. The van der Waals surface area contributed by atoms with Crippen LogP contribution in [-0.2, 0) is 10.2 Å². The lowest BCUT2D eigenvalue weighted by atomic mass is 10.1. The van der Waals surface area contributed by atoms with Crippen LogP contribution in [0.25, 0.3) is 0 Å². The number of carboxylic acids is 1. The molecule has 4 nitrogen and oxygen atoms in total. The van der Waals surface area contributed by atoms with Crippen molar-refractivity contribution in [3.8, 4) is 0 Å². The molecule has 74 valence electrons. The molecule has 0 radical (unpaired) electrons. The van der Waals surface area contributed by atoms with Gasteiger partial charge in [-0.3, -0.25) is 4.79 Å². The summed E-state index contributed by atoms with van der Waals surface area (Å²) in [6, 6.07) is 0. The summed E-state index contributed by atoms with van der Waals surface area (Å²) < 4.78 is 0. The highest BCUT2D eigenvalue weighted by Gasteiger charge is 2.55. The van der Waals surface area contributed by atoms with Crippen molar-refractivity contribution >= 4 is 17.3 Å². The Labute approximate surface area is 85.0 Å². The van der Waals surface area contributed by atoms with Crippen LogP contribution in [0.3, 0.4) is 0 Å². The topological polar surface area (TPSA) is 63.1 Å². The maximum absolute atomic E-state index is 11.0. The zero-order chi connectivity index (χ0) is 9.76. The number of rotatable bonds is 3. The molecule has 2 saturated carbocycles.